The lowest BCUT2D eigenvalue weighted by atomic mass is 9.33. The molecule has 0 bridgehead atoms. The second-order valence-corrected chi connectivity index (χ2v) is 24.5. The monoisotopic (exact) mass is 937 g/mol. The van der Waals surface area contributed by atoms with Gasteiger partial charge in [-0.05, 0) is 117 Å². The summed E-state index contributed by atoms with van der Waals surface area (Å²) in [7, 11) is 0. The predicted octanol–water partition coefficient (Wildman–Crippen LogP) is 3.90. The molecule has 7 fully saturated rings. The number of carbonyl (C=O) groups is 1. The van der Waals surface area contributed by atoms with E-state index in [-0.39, 0.29) is 52.1 Å². The highest BCUT2D eigenvalue weighted by atomic mass is 16.8. The number of ketones is 1. The Labute approximate surface area is 391 Å². The van der Waals surface area contributed by atoms with Crippen molar-refractivity contribution in [2.45, 2.75) is 239 Å². The summed E-state index contributed by atoms with van der Waals surface area (Å²) in [6.45, 7) is 22.6. The lowest BCUT2D eigenvalue weighted by Crippen LogP contribution is -2.68. The molecule has 66 heavy (non-hydrogen) atoms. The molecule has 8 N–H and O–H groups in total. The highest BCUT2D eigenvalue weighted by molar-refractivity contribution is 5.81. The maximum atomic E-state index is 13.0. The molecule has 3 aliphatic heterocycles. The van der Waals surface area contributed by atoms with Crippen molar-refractivity contribution in [1.82, 2.24) is 0 Å². The van der Waals surface area contributed by atoms with Crippen LogP contribution in [0.15, 0.2) is 11.6 Å². The molecular formula is C51H84O15. The number of aliphatic hydroxyl groups is 8. The molecule has 8 rings (SSSR count). The number of ether oxygens (including phenoxy) is 6. The van der Waals surface area contributed by atoms with Crippen molar-refractivity contribution in [3.05, 3.63) is 11.6 Å². The minimum atomic E-state index is -1.77. The van der Waals surface area contributed by atoms with Gasteiger partial charge in [-0.15, -0.1) is 0 Å². The van der Waals surface area contributed by atoms with Gasteiger partial charge in [0.05, 0.1) is 37.1 Å². The van der Waals surface area contributed by atoms with Crippen LogP contribution in [0, 0.1) is 56.2 Å². The van der Waals surface area contributed by atoms with E-state index in [0.717, 1.165) is 51.4 Å². The van der Waals surface area contributed by atoms with Gasteiger partial charge in [0.25, 0.3) is 0 Å². The van der Waals surface area contributed by atoms with Gasteiger partial charge in [0.1, 0.15) is 48.8 Å². The van der Waals surface area contributed by atoms with Crippen LogP contribution in [0.4, 0.5) is 0 Å². The summed E-state index contributed by atoms with van der Waals surface area (Å²) in [6, 6.07) is 0. The van der Waals surface area contributed by atoms with Crippen LogP contribution in [0.25, 0.3) is 0 Å². The zero-order valence-electron chi connectivity index (χ0n) is 41.3. The first-order valence-electron chi connectivity index (χ1n) is 25.2. The normalized spacial score (nSPS) is 56.0. The highest BCUT2D eigenvalue weighted by Gasteiger charge is 2.70. The third-order valence-electron chi connectivity index (χ3n) is 20.3. The first kappa shape index (κ1) is 51.2. The fraction of sp³-hybridized carbons (Fsp3) is 0.941. The van der Waals surface area contributed by atoms with Gasteiger partial charge in [-0.3, -0.25) is 4.79 Å². The fourth-order valence-corrected chi connectivity index (χ4v) is 15.6. The summed E-state index contributed by atoms with van der Waals surface area (Å²) >= 11 is 0. The quantitative estimate of drug-likeness (QED) is 0.121. The molecule has 8 aliphatic rings. The van der Waals surface area contributed by atoms with Crippen LogP contribution in [0.1, 0.15) is 140 Å². The molecule has 3 heterocycles. The molecule has 0 aromatic rings. The predicted molar refractivity (Wildman–Crippen MR) is 240 cm³/mol. The molecule has 15 nitrogen and oxygen atoms in total. The molecule has 0 aromatic heterocycles. The van der Waals surface area contributed by atoms with Crippen LogP contribution in [0.5, 0.6) is 0 Å². The lowest BCUT2D eigenvalue weighted by Gasteiger charge is -2.72. The van der Waals surface area contributed by atoms with E-state index in [0.29, 0.717) is 18.3 Å². The second-order valence-electron chi connectivity index (χ2n) is 24.5. The first-order valence-corrected chi connectivity index (χ1v) is 25.2. The smallest absolute Gasteiger partial charge is 0.187 e. The van der Waals surface area contributed by atoms with Gasteiger partial charge < -0.3 is 69.3 Å². The first-order chi connectivity index (χ1) is 30.7. The van der Waals surface area contributed by atoms with Gasteiger partial charge in [0.2, 0.25) is 0 Å². The summed E-state index contributed by atoms with van der Waals surface area (Å²) in [6.07, 6.45) is -10.2. The fourth-order valence-electron chi connectivity index (χ4n) is 15.6. The Morgan fingerprint density at radius 2 is 1.33 bits per heavy atom. The van der Waals surface area contributed by atoms with Gasteiger partial charge in [0.15, 0.2) is 24.7 Å². The Kier molecular flexibility index (Phi) is 13.9. The minimum absolute atomic E-state index is 0.0144. The number of hydrogen-bond donors (Lipinski definition) is 8. The number of fused-ring (bicyclic) bond motifs is 7. The molecule has 0 spiro atoms. The standard InChI is InChI=1S/C51H84O15/c1-12-29-35(56)36(57)41(65-43-39(60)34(55)24(2)26(4)61-43)44(62-29)66-42-38(59)37(58)40(25(3)53)64-45(42)63-33-16-17-48(8)30(49(33,9)23-52)15-18-51(11)31(48)14-13-27-28-21-46(5,6)22-32(54)47(28,7)19-20-50(27,51)10/h13,24,26,28-45,52,54-60H,12,14-23H2,1-11H3. The zero-order valence-corrected chi connectivity index (χ0v) is 41.3. The van der Waals surface area contributed by atoms with Crippen molar-refractivity contribution in [2.24, 2.45) is 56.2 Å². The Balaban J connectivity index is 1.08. The van der Waals surface area contributed by atoms with E-state index in [4.69, 9.17) is 28.4 Å². The molecule has 4 saturated carbocycles. The zero-order chi connectivity index (χ0) is 48.4. The van der Waals surface area contributed by atoms with Crippen LogP contribution in [0.3, 0.4) is 0 Å². The summed E-state index contributed by atoms with van der Waals surface area (Å²) in [5, 5.41) is 90.8. The van der Waals surface area contributed by atoms with Crippen LogP contribution >= 0.6 is 0 Å². The lowest BCUT2D eigenvalue weighted by molar-refractivity contribution is -0.393. The van der Waals surface area contributed by atoms with Crippen molar-refractivity contribution in [3.8, 4) is 0 Å². The topological polar surface area (TPSA) is 234 Å². The average molecular weight is 937 g/mol. The van der Waals surface area contributed by atoms with Crippen LogP contribution in [-0.4, -0.2) is 151 Å². The molecule has 3 saturated heterocycles. The van der Waals surface area contributed by atoms with E-state index in [2.05, 4.69) is 54.5 Å². The molecule has 0 amide bonds. The Morgan fingerprint density at radius 3 is 1.97 bits per heavy atom. The van der Waals surface area contributed by atoms with Gasteiger partial charge in [-0.1, -0.05) is 74.0 Å². The molecule has 25 unspecified atom stereocenters. The van der Waals surface area contributed by atoms with E-state index in [9.17, 15) is 45.6 Å². The molecule has 25 atom stereocenters. The van der Waals surface area contributed by atoms with Gasteiger partial charge >= 0.3 is 0 Å². The van der Waals surface area contributed by atoms with Gasteiger partial charge in [-0.25, -0.2) is 0 Å². The largest absolute Gasteiger partial charge is 0.396 e. The Morgan fingerprint density at radius 1 is 0.697 bits per heavy atom. The molecule has 15 heteroatoms. The average Bonchev–Trinajstić information content (AvgIpc) is 3.25. The number of rotatable bonds is 9. The van der Waals surface area contributed by atoms with Crippen molar-refractivity contribution in [1.29, 1.82) is 0 Å². The number of aliphatic hydroxyl groups excluding tert-OH is 8. The van der Waals surface area contributed by atoms with E-state index in [1.54, 1.807) is 20.8 Å². The number of hydrogen-bond acceptors (Lipinski definition) is 15. The SMILES string of the molecule is CCC1OC(OC2C(OC3CCC4(C)C(CCC5(C)C4CC=C4C6CC(C)(C)CC(O)C6(C)CCC45C)C3(C)CO)OC(C(C)=O)C(O)C2O)C(OC2OC(C)C(C)C(O)C2O)C(O)C1O. The molecule has 0 radical (unpaired) electrons. The van der Waals surface area contributed by atoms with Crippen molar-refractivity contribution < 1.29 is 74.1 Å². The number of Topliss-reactive ketones (excluding diaryl/α,β-unsaturated/α-hetero) is 1. The maximum absolute atomic E-state index is 13.0. The third-order valence-corrected chi connectivity index (χ3v) is 20.3. The molecule has 378 valence electrons. The van der Waals surface area contributed by atoms with Crippen LogP contribution in [0.2, 0.25) is 0 Å². The van der Waals surface area contributed by atoms with Crippen molar-refractivity contribution in [2.75, 3.05) is 6.61 Å². The molecule has 0 aromatic carbocycles. The van der Waals surface area contributed by atoms with Crippen molar-refractivity contribution >= 4 is 5.78 Å². The number of carbonyl (C=O) groups excluding carboxylic acids is 1. The highest BCUT2D eigenvalue weighted by Crippen LogP contribution is 2.76. The van der Waals surface area contributed by atoms with Gasteiger partial charge in [-0.2, -0.15) is 0 Å². The third kappa shape index (κ3) is 7.86. The maximum Gasteiger partial charge on any atom is 0.187 e. The molecule has 5 aliphatic carbocycles. The van der Waals surface area contributed by atoms with E-state index < -0.39 is 109 Å². The van der Waals surface area contributed by atoms with Crippen LogP contribution in [-0.2, 0) is 33.2 Å². The van der Waals surface area contributed by atoms with Crippen LogP contribution < -0.4 is 0 Å². The molecular weight excluding hydrogens is 853 g/mol. The Hall–Kier alpha value is -1.15. The summed E-state index contributed by atoms with van der Waals surface area (Å²) in [5.74, 6) is -0.344. The van der Waals surface area contributed by atoms with E-state index >= 15 is 0 Å². The minimum Gasteiger partial charge on any atom is -0.396 e. The second kappa shape index (κ2) is 17.9. The Bertz CT molecular complexity index is 1810. The van der Waals surface area contributed by atoms with Crippen molar-refractivity contribution in [3.63, 3.8) is 0 Å². The summed E-state index contributed by atoms with van der Waals surface area (Å²) in [4.78, 5) is 13.0. The van der Waals surface area contributed by atoms with Gasteiger partial charge in [0, 0.05) is 16.7 Å². The summed E-state index contributed by atoms with van der Waals surface area (Å²) in [5.41, 5.74) is 0.360. The summed E-state index contributed by atoms with van der Waals surface area (Å²) < 4.78 is 37.9. The van der Waals surface area contributed by atoms with E-state index in [1.807, 2.05) is 0 Å². The number of allylic oxidation sites excluding steroid dienone is 2. The van der Waals surface area contributed by atoms with E-state index in [1.165, 1.54) is 12.5 Å².